The summed E-state index contributed by atoms with van der Waals surface area (Å²) in [5.74, 6) is -1.43. The zero-order valence-corrected chi connectivity index (χ0v) is 7.28. The number of allylic oxidation sites excluding steroid dienone is 1. The van der Waals surface area contributed by atoms with Gasteiger partial charge in [0.25, 0.3) is 0 Å². The van der Waals surface area contributed by atoms with Crippen LogP contribution in [0.5, 0.6) is 0 Å². The Bertz CT molecular complexity index is 273. The summed E-state index contributed by atoms with van der Waals surface area (Å²) in [5, 5.41) is 17.0. The van der Waals surface area contributed by atoms with E-state index in [2.05, 4.69) is 16.7 Å². The van der Waals surface area contributed by atoms with Crippen LogP contribution in [0.1, 0.15) is 6.92 Å². The molecule has 0 rings (SSSR count). The molecule has 0 aliphatic heterocycles. The van der Waals surface area contributed by atoms with Crippen molar-refractivity contribution in [2.75, 3.05) is 0 Å². The Kier molecular flexibility index (Phi) is 4.51. The second-order valence-electron chi connectivity index (χ2n) is 2.36. The number of halogens is 3. The molecule has 0 aliphatic rings. The van der Waals surface area contributed by atoms with Gasteiger partial charge in [0.15, 0.2) is 0 Å². The quantitative estimate of drug-likeness (QED) is 0.395. The van der Waals surface area contributed by atoms with E-state index in [1.807, 2.05) is 0 Å². The number of aliphatic imine (C=N–C) groups is 2. The summed E-state index contributed by atoms with van der Waals surface area (Å²) >= 11 is 0. The maximum absolute atomic E-state index is 12.0. The van der Waals surface area contributed by atoms with Gasteiger partial charge in [-0.3, -0.25) is 0 Å². The molecule has 0 bridgehead atoms. The van der Waals surface area contributed by atoms with Crippen LogP contribution in [-0.4, -0.2) is 35.9 Å². The topological polar surface area (TPSA) is 65.2 Å². The zero-order valence-electron chi connectivity index (χ0n) is 7.28. The van der Waals surface area contributed by atoms with Gasteiger partial charge >= 0.3 is 13.3 Å². The molecule has 0 spiro atoms. The van der Waals surface area contributed by atoms with E-state index < -0.39 is 19.1 Å². The number of alkyl halides is 3. The van der Waals surface area contributed by atoms with Crippen molar-refractivity contribution in [3.05, 3.63) is 11.7 Å². The fourth-order valence-electron chi connectivity index (χ4n) is 0.433. The SMILES string of the molecule is C=NC(=N/C=C(\C)B(O)O)C(F)(F)F. The normalized spacial score (nSPS) is 14.1. The molecule has 78 valence electrons. The largest absolute Gasteiger partial charge is 0.485 e. The van der Waals surface area contributed by atoms with Crippen LogP contribution >= 0.6 is 0 Å². The molecule has 0 saturated carbocycles. The van der Waals surface area contributed by atoms with Crippen molar-refractivity contribution in [1.29, 1.82) is 0 Å². The number of nitrogens with zero attached hydrogens (tertiary/aromatic N) is 2. The predicted octanol–water partition coefficient (Wildman–Crippen LogP) is 0.564. The summed E-state index contributed by atoms with van der Waals surface area (Å²) in [6, 6.07) is 0. The fraction of sp³-hybridized carbons (Fsp3) is 0.333. The molecule has 0 aliphatic carbocycles. The van der Waals surface area contributed by atoms with E-state index in [0.29, 0.717) is 6.20 Å². The molecule has 0 saturated heterocycles. The van der Waals surface area contributed by atoms with Gasteiger partial charge in [0.05, 0.1) is 0 Å². The highest BCUT2D eigenvalue weighted by atomic mass is 19.4. The summed E-state index contributed by atoms with van der Waals surface area (Å²) < 4.78 is 35.9. The Morgan fingerprint density at radius 2 is 1.93 bits per heavy atom. The van der Waals surface area contributed by atoms with Gasteiger partial charge in [-0.2, -0.15) is 13.2 Å². The Balaban J connectivity index is 4.81. The van der Waals surface area contributed by atoms with Crippen molar-refractivity contribution in [3.8, 4) is 0 Å². The monoisotopic (exact) mass is 208 g/mol. The van der Waals surface area contributed by atoms with E-state index in [9.17, 15) is 13.2 Å². The highest BCUT2D eigenvalue weighted by Crippen LogP contribution is 2.18. The lowest BCUT2D eigenvalue weighted by atomic mass is 9.82. The molecule has 0 aromatic rings. The van der Waals surface area contributed by atoms with Crippen LogP contribution in [0.4, 0.5) is 13.2 Å². The van der Waals surface area contributed by atoms with Crippen molar-refractivity contribution in [3.63, 3.8) is 0 Å². The van der Waals surface area contributed by atoms with Gasteiger partial charge in [-0.15, -0.1) is 0 Å². The molecule has 0 amide bonds. The zero-order chi connectivity index (χ0) is 11.4. The smallest absolute Gasteiger partial charge is 0.423 e. The van der Waals surface area contributed by atoms with Crippen LogP contribution in [0.2, 0.25) is 0 Å². The molecule has 0 aromatic heterocycles. The highest BCUT2D eigenvalue weighted by Gasteiger charge is 2.35. The van der Waals surface area contributed by atoms with E-state index in [4.69, 9.17) is 10.0 Å². The molecular formula is C6H8BF3N2O2. The lowest BCUT2D eigenvalue weighted by Gasteiger charge is -2.03. The number of amidine groups is 1. The highest BCUT2D eigenvalue weighted by molar-refractivity contribution is 6.50. The van der Waals surface area contributed by atoms with E-state index >= 15 is 0 Å². The first-order chi connectivity index (χ1) is 6.29. The maximum atomic E-state index is 12.0. The summed E-state index contributed by atoms with van der Waals surface area (Å²) in [5.41, 5.74) is -0.129. The molecule has 4 nitrogen and oxygen atoms in total. The van der Waals surface area contributed by atoms with Gasteiger partial charge in [0.1, 0.15) is 0 Å². The Morgan fingerprint density at radius 1 is 1.43 bits per heavy atom. The Labute approximate surface area is 78.6 Å². The van der Waals surface area contributed by atoms with Gasteiger partial charge in [-0.25, -0.2) is 9.98 Å². The first-order valence-electron chi connectivity index (χ1n) is 3.43. The van der Waals surface area contributed by atoms with Crippen molar-refractivity contribution in [2.24, 2.45) is 9.98 Å². The predicted molar refractivity (Wildman–Crippen MR) is 47.0 cm³/mol. The van der Waals surface area contributed by atoms with Crippen LogP contribution in [-0.2, 0) is 0 Å². The lowest BCUT2D eigenvalue weighted by Crippen LogP contribution is -2.20. The van der Waals surface area contributed by atoms with Crippen LogP contribution in [0.3, 0.4) is 0 Å². The fourth-order valence-corrected chi connectivity index (χ4v) is 0.433. The second kappa shape index (κ2) is 4.92. The lowest BCUT2D eigenvalue weighted by molar-refractivity contribution is -0.0596. The number of hydrogen-bond donors (Lipinski definition) is 2. The third-order valence-electron chi connectivity index (χ3n) is 1.20. The van der Waals surface area contributed by atoms with E-state index in [1.54, 1.807) is 0 Å². The van der Waals surface area contributed by atoms with E-state index in [-0.39, 0.29) is 5.47 Å². The molecule has 0 heterocycles. The molecule has 0 atom stereocenters. The average molecular weight is 208 g/mol. The summed E-state index contributed by atoms with van der Waals surface area (Å²) in [7, 11) is -1.84. The van der Waals surface area contributed by atoms with Crippen LogP contribution in [0.25, 0.3) is 0 Å². The molecule has 0 radical (unpaired) electrons. The summed E-state index contributed by atoms with van der Waals surface area (Å²) in [4.78, 5) is 5.57. The molecular weight excluding hydrogens is 200 g/mol. The minimum atomic E-state index is -4.70. The van der Waals surface area contributed by atoms with Gasteiger partial charge in [0, 0.05) is 6.20 Å². The van der Waals surface area contributed by atoms with Gasteiger partial charge < -0.3 is 10.0 Å². The van der Waals surface area contributed by atoms with E-state index in [0.717, 1.165) is 0 Å². The van der Waals surface area contributed by atoms with Crippen molar-refractivity contribution in [1.82, 2.24) is 0 Å². The number of rotatable bonds is 2. The van der Waals surface area contributed by atoms with Crippen molar-refractivity contribution >= 4 is 19.7 Å². The Morgan fingerprint density at radius 3 is 2.21 bits per heavy atom. The summed E-state index contributed by atoms with van der Waals surface area (Å²) in [6.07, 6.45) is -4.03. The molecule has 0 fully saturated rings. The standard InChI is InChI=1S/C6H8BF3N2O2/c1-4(7(13)14)3-12-5(11-2)6(8,9)10/h3,13-14H,2H2,1H3/b4-3+,12-5?. The third-order valence-corrected chi connectivity index (χ3v) is 1.20. The van der Waals surface area contributed by atoms with Crippen LogP contribution < -0.4 is 0 Å². The van der Waals surface area contributed by atoms with Crippen LogP contribution in [0.15, 0.2) is 21.7 Å². The molecule has 2 N–H and O–H groups in total. The van der Waals surface area contributed by atoms with Crippen molar-refractivity contribution < 1.29 is 23.2 Å². The van der Waals surface area contributed by atoms with Gasteiger partial charge in [0.2, 0.25) is 5.84 Å². The molecule has 0 unspecified atom stereocenters. The van der Waals surface area contributed by atoms with Gasteiger partial charge in [-0.05, 0) is 19.1 Å². The minimum Gasteiger partial charge on any atom is -0.423 e. The Hall–Kier alpha value is -1.15. The number of hydrogen-bond acceptors (Lipinski definition) is 3. The molecule has 8 heteroatoms. The molecule has 14 heavy (non-hydrogen) atoms. The second-order valence-corrected chi connectivity index (χ2v) is 2.36. The average Bonchev–Trinajstić information content (AvgIpc) is 2.02. The van der Waals surface area contributed by atoms with Gasteiger partial charge in [-0.1, -0.05) is 0 Å². The van der Waals surface area contributed by atoms with Crippen LogP contribution in [0, 0.1) is 0 Å². The first-order valence-corrected chi connectivity index (χ1v) is 3.43. The summed E-state index contributed by atoms with van der Waals surface area (Å²) in [6.45, 7) is 3.91. The van der Waals surface area contributed by atoms with Crippen molar-refractivity contribution in [2.45, 2.75) is 13.1 Å². The minimum absolute atomic E-state index is 0.129. The van der Waals surface area contributed by atoms with E-state index in [1.165, 1.54) is 6.92 Å². The maximum Gasteiger partial charge on any atom is 0.485 e. The third kappa shape index (κ3) is 4.19. The molecule has 0 aromatic carbocycles. The first kappa shape index (κ1) is 12.9.